The van der Waals surface area contributed by atoms with Gasteiger partial charge in [-0.1, -0.05) is 66.7 Å². The SMILES string of the molecule is Cn1c(-c2ccccc2)c(C(=O)c2ccccc2C(=O)O)c2ccccc21. The van der Waals surface area contributed by atoms with Gasteiger partial charge in [-0.15, -0.1) is 0 Å². The summed E-state index contributed by atoms with van der Waals surface area (Å²) in [4.78, 5) is 25.1. The number of nitrogens with zero attached hydrogens (tertiary/aromatic N) is 1. The van der Waals surface area contributed by atoms with Crippen LogP contribution in [0.4, 0.5) is 0 Å². The lowest BCUT2D eigenvalue weighted by Crippen LogP contribution is -2.10. The molecule has 0 amide bonds. The van der Waals surface area contributed by atoms with E-state index >= 15 is 0 Å². The third-order valence-corrected chi connectivity index (χ3v) is 4.78. The van der Waals surface area contributed by atoms with Crippen molar-refractivity contribution in [2.24, 2.45) is 7.05 Å². The molecule has 0 fully saturated rings. The van der Waals surface area contributed by atoms with Gasteiger partial charge in [0, 0.05) is 23.5 Å². The Kier molecular flexibility index (Phi) is 4.09. The molecule has 4 nitrogen and oxygen atoms in total. The number of carbonyl (C=O) groups excluding carboxylic acids is 1. The third kappa shape index (κ3) is 2.72. The van der Waals surface area contributed by atoms with Gasteiger partial charge < -0.3 is 9.67 Å². The molecule has 0 aliphatic heterocycles. The van der Waals surface area contributed by atoms with Gasteiger partial charge in [-0.05, 0) is 17.7 Å². The second-order valence-corrected chi connectivity index (χ2v) is 6.35. The average Bonchev–Trinajstić information content (AvgIpc) is 3.01. The van der Waals surface area contributed by atoms with Crippen LogP contribution in [-0.2, 0) is 7.05 Å². The summed E-state index contributed by atoms with van der Waals surface area (Å²) < 4.78 is 1.99. The van der Waals surface area contributed by atoms with E-state index in [1.54, 1.807) is 18.2 Å². The molecule has 0 aliphatic rings. The van der Waals surface area contributed by atoms with Gasteiger partial charge in [0.2, 0.25) is 0 Å². The van der Waals surface area contributed by atoms with Crippen LogP contribution in [-0.4, -0.2) is 21.4 Å². The summed E-state index contributed by atoms with van der Waals surface area (Å²) in [6, 6.07) is 23.7. The zero-order valence-corrected chi connectivity index (χ0v) is 14.7. The Morgan fingerprint density at radius 1 is 0.778 bits per heavy atom. The summed E-state index contributed by atoms with van der Waals surface area (Å²) in [6.45, 7) is 0. The summed E-state index contributed by atoms with van der Waals surface area (Å²) >= 11 is 0. The predicted octanol–water partition coefficient (Wildman–Crippen LogP) is 4.77. The van der Waals surface area contributed by atoms with Crippen molar-refractivity contribution in [2.75, 3.05) is 0 Å². The van der Waals surface area contributed by atoms with E-state index in [0.717, 1.165) is 22.2 Å². The lowest BCUT2D eigenvalue weighted by molar-refractivity contribution is 0.0693. The molecule has 0 saturated carbocycles. The zero-order valence-electron chi connectivity index (χ0n) is 14.7. The highest BCUT2D eigenvalue weighted by Gasteiger charge is 2.25. The van der Waals surface area contributed by atoms with Crippen molar-refractivity contribution in [3.05, 3.63) is 95.6 Å². The van der Waals surface area contributed by atoms with Crippen LogP contribution in [0.25, 0.3) is 22.2 Å². The molecule has 4 heteroatoms. The number of aromatic nitrogens is 1. The first-order valence-electron chi connectivity index (χ1n) is 8.59. The third-order valence-electron chi connectivity index (χ3n) is 4.78. The van der Waals surface area contributed by atoms with E-state index in [-0.39, 0.29) is 16.9 Å². The van der Waals surface area contributed by atoms with Gasteiger partial charge in [0.05, 0.1) is 16.8 Å². The van der Waals surface area contributed by atoms with Crippen molar-refractivity contribution in [1.29, 1.82) is 0 Å². The van der Waals surface area contributed by atoms with Crippen molar-refractivity contribution in [1.82, 2.24) is 4.57 Å². The van der Waals surface area contributed by atoms with Crippen molar-refractivity contribution >= 4 is 22.7 Å². The maximum Gasteiger partial charge on any atom is 0.336 e. The molecule has 4 aromatic rings. The number of carboxylic acids is 1. The molecule has 1 aromatic heterocycles. The van der Waals surface area contributed by atoms with Gasteiger partial charge in [0.1, 0.15) is 0 Å². The first-order chi connectivity index (χ1) is 13.1. The quantitative estimate of drug-likeness (QED) is 0.536. The van der Waals surface area contributed by atoms with E-state index in [1.807, 2.05) is 66.2 Å². The number of para-hydroxylation sites is 1. The highest BCUT2D eigenvalue weighted by Crippen LogP contribution is 2.35. The molecule has 27 heavy (non-hydrogen) atoms. The van der Waals surface area contributed by atoms with Crippen LogP contribution in [0, 0.1) is 0 Å². The van der Waals surface area contributed by atoms with Gasteiger partial charge in [-0.3, -0.25) is 4.79 Å². The molecular weight excluding hydrogens is 338 g/mol. The van der Waals surface area contributed by atoms with Crippen LogP contribution in [0.5, 0.6) is 0 Å². The number of carbonyl (C=O) groups is 2. The van der Waals surface area contributed by atoms with Crippen LogP contribution in [0.3, 0.4) is 0 Å². The molecule has 132 valence electrons. The minimum absolute atomic E-state index is 0.00875. The lowest BCUT2D eigenvalue weighted by Gasteiger charge is -2.09. The second kappa shape index (κ2) is 6.57. The number of aryl methyl sites for hydroxylation is 1. The summed E-state index contributed by atoms with van der Waals surface area (Å²) in [5.41, 5.74) is 3.34. The number of ketones is 1. The molecule has 0 atom stereocenters. The van der Waals surface area contributed by atoms with Gasteiger partial charge in [0.15, 0.2) is 5.78 Å². The van der Waals surface area contributed by atoms with Crippen molar-refractivity contribution in [3.63, 3.8) is 0 Å². The fourth-order valence-electron chi connectivity index (χ4n) is 3.56. The Morgan fingerprint density at radius 2 is 1.37 bits per heavy atom. The van der Waals surface area contributed by atoms with E-state index in [4.69, 9.17) is 0 Å². The van der Waals surface area contributed by atoms with E-state index in [9.17, 15) is 14.7 Å². The number of fused-ring (bicyclic) bond motifs is 1. The van der Waals surface area contributed by atoms with E-state index in [2.05, 4.69) is 0 Å². The van der Waals surface area contributed by atoms with Crippen LogP contribution in [0.15, 0.2) is 78.9 Å². The molecule has 0 saturated heterocycles. The maximum absolute atomic E-state index is 13.5. The van der Waals surface area contributed by atoms with Crippen molar-refractivity contribution in [3.8, 4) is 11.3 Å². The molecule has 0 spiro atoms. The molecule has 3 aromatic carbocycles. The van der Waals surface area contributed by atoms with Crippen LogP contribution < -0.4 is 0 Å². The predicted molar refractivity (Wildman–Crippen MR) is 105 cm³/mol. The number of hydrogen-bond donors (Lipinski definition) is 1. The molecular formula is C23H17NO3. The fourth-order valence-corrected chi connectivity index (χ4v) is 3.56. The Balaban J connectivity index is 2.05. The highest BCUT2D eigenvalue weighted by atomic mass is 16.4. The number of benzene rings is 3. The summed E-state index contributed by atoms with van der Waals surface area (Å²) in [7, 11) is 1.92. The maximum atomic E-state index is 13.5. The lowest BCUT2D eigenvalue weighted by atomic mass is 9.94. The first kappa shape index (κ1) is 16.8. The second-order valence-electron chi connectivity index (χ2n) is 6.35. The van der Waals surface area contributed by atoms with E-state index < -0.39 is 5.97 Å². The standard InChI is InChI=1S/C23H17NO3/c1-24-19-14-8-7-13-18(19)20(21(24)15-9-3-2-4-10-15)22(25)16-11-5-6-12-17(16)23(26)27/h2-14H,1H3,(H,26,27). The molecule has 0 unspecified atom stereocenters. The van der Waals surface area contributed by atoms with Crippen LogP contribution >= 0.6 is 0 Å². The molecule has 0 bridgehead atoms. The number of hydrogen-bond acceptors (Lipinski definition) is 2. The summed E-state index contributed by atoms with van der Waals surface area (Å²) in [5, 5.41) is 10.3. The number of rotatable bonds is 4. The van der Waals surface area contributed by atoms with Gasteiger partial charge in [-0.2, -0.15) is 0 Å². The molecule has 0 aliphatic carbocycles. The number of carboxylic acid groups (broad SMARTS) is 1. The Hall–Kier alpha value is -3.66. The monoisotopic (exact) mass is 355 g/mol. The van der Waals surface area contributed by atoms with E-state index in [0.29, 0.717) is 5.56 Å². The fraction of sp³-hybridized carbons (Fsp3) is 0.0435. The van der Waals surface area contributed by atoms with Crippen LogP contribution in [0.1, 0.15) is 26.3 Å². The summed E-state index contributed by atoms with van der Waals surface area (Å²) in [5.74, 6) is -1.40. The van der Waals surface area contributed by atoms with Gasteiger partial charge in [-0.25, -0.2) is 4.79 Å². The summed E-state index contributed by atoms with van der Waals surface area (Å²) in [6.07, 6.45) is 0. The zero-order chi connectivity index (χ0) is 19.0. The van der Waals surface area contributed by atoms with Gasteiger partial charge in [0.25, 0.3) is 0 Å². The Morgan fingerprint density at radius 3 is 2.07 bits per heavy atom. The van der Waals surface area contributed by atoms with E-state index in [1.165, 1.54) is 6.07 Å². The largest absolute Gasteiger partial charge is 0.478 e. The average molecular weight is 355 g/mol. The first-order valence-corrected chi connectivity index (χ1v) is 8.59. The normalized spacial score (nSPS) is 10.9. The van der Waals surface area contributed by atoms with Crippen LogP contribution in [0.2, 0.25) is 0 Å². The van der Waals surface area contributed by atoms with Crippen molar-refractivity contribution < 1.29 is 14.7 Å². The number of aromatic carboxylic acids is 1. The topological polar surface area (TPSA) is 59.3 Å². The molecule has 1 heterocycles. The Labute approximate surface area is 156 Å². The van der Waals surface area contributed by atoms with Crippen molar-refractivity contribution in [2.45, 2.75) is 0 Å². The van der Waals surface area contributed by atoms with Gasteiger partial charge >= 0.3 is 5.97 Å². The molecule has 0 radical (unpaired) electrons. The minimum atomic E-state index is -1.11. The molecule has 1 N–H and O–H groups in total. The smallest absolute Gasteiger partial charge is 0.336 e. The Bertz CT molecular complexity index is 1170. The molecule has 4 rings (SSSR count). The highest BCUT2D eigenvalue weighted by molar-refractivity contribution is 6.23. The minimum Gasteiger partial charge on any atom is -0.478 e.